The van der Waals surface area contributed by atoms with E-state index in [1.165, 1.54) is 12.0 Å². The van der Waals surface area contributed by atoms with Crippen molar-refractivity contribution in [1.29, 1.82) is 0 Å². The third kappa shape index (κ3) is 5.67. The quantitative estimate of drug-likeness (QED) is 0.211. The third-order valence-electron chi connectivity index (χ3n) is 7.14. The average molecular weight is 544 g/mol. The van der Waals surface area contributed by atoms with Gasteiger partial charge in [0.05, 0.1) is 31.4 Å². The molecule has 8 heteroatoms. The van der Waals surface area contributed by atoms with Gasteiger partial charge < -0.3 is 29.0 Å². The Morgan fingerprint density at radius 1 is 1.00 bits per heavy atom. The molecule has 0 aromatic heterocycles. The van der Waals surface area contributed by atoms with E-state index >= 15 is 0 Å². The lowest BCUT2D eigenvalue weighted by atomic mass is 9.94. The van der Waals surface area contributed by atoms with Crippen molar-refractivity contribution in [3.63, 3.8) is 0 Å². The summed E-state index contributed by atoms with van der Waals surface area (Å²) in [5.74, 6) is -0.0288. The molecule has 1 amide bonds. The summed E-state index contributed by atoms with van der Waals surface area (Å²) in [4.78, 5) is 28.2. The number of benzene rings is 3. The first-order valence-electron chi connectivity index (χ1n) is 13.5. The van der Waals surface area contributed by atoms with Crippen LogP contribution in [-0.4, -0.2) is 54.7 Å². The highest BCUT2D eigenvalue weighted by Gasteiger charge is 2.47. The van der Waals surface area contributed by atoms with Crippen molar-refractivity contribution in [2.75, 3.05) is 26.9 Å². The highest BCUT2D eigenvalue weighted by Crippen LogP contribution is 2.42. The summed E-state index contributed by atoms with van der Waals surface area (Å²) in [6.45, 7) is 3.60. The first kappa shape index (κ1) is 27.3. The second-order valence-electron chi connectivity index (χ2n) is 9.73. The Bertz CT molecular complexity index is 1380. The number of Topliss-reactive ketones (excluding diaryl/α,β-unsaturated/α-hetero) is 1. The summed E-state index contributed by atoms with van der Waals surface area (Å²) in [5, 5.41) is 11.4. The van der Waals surface area contributed by atoms with Gasteiger partial charge in [0, 0.05) is 18.7 Å². The van der Waals surface area contributed by atoms with Crippen molar-refractivity contribution >= 4 is 17.4 Å². The van der Waals surface area contributed by atoms with E-state index in [-0.39, 0.29) is 24.0 Å². The van der Waals surface area contributed by atoms with Crippen molar-refractivity contribution in [2.24, 2.45) is 0 Å². The Morgan fingerprint density at radius 2 is 1.77 bits per heavy atom. The molecule has 0 bridgehead atoms. The number of methoxy groups -OCH3 is 1. The first-order chi connectivity index (χ1) is 19.5. The van der Waals surface area contributed by atoms with Crippen LogP contribution in [0.2, 0.25) is 0 Å². The van der Waals surface area contributed by atoms with Crippen molar-refractivity contribution in [1.82, 2.24) is 4.90 Å². The molecule has 1 N–H and O–H groups in total. The Morgan fingerprint density at radius 3 is 2.45 bits per heavy atom. The van der Waals surface area contributed by atoms with E-state index in [1.807, 2.05) is 37.3 Å². The van der Waals surface area contributed by atoms with Gasteiger partial charge in [-0.1, -0.05) is 36.4 Å². The minimum absolute atomic E-state index is 0.0205. The van der Waals surface area contributed by atoms with E-state index in [9.17, 15) is 14.7 Å². The predicted octanol–water partition coefficient (Wildman–Crippen LogP) is 5.27. The lowest BCUT2D eigenvalue weighted by molar-refractivity contribution is -0.140. The number of hydrogen-bond donors (Lipinski definition) is 1. The summed E-state index contributed by atoms with van der Waals surface area (Å²) >= 11 is 0. The standard InChI is InChI=1S/C32H33NO7/c1-3-38-24-14-11-22(12-15-24)30(34)28-29(33(32(36)31(28)35)19-25-10-7-17-39-25)23-13-16-26(27(18-23)37-2)40-20-21-8-5-4-6-9-21/h4-6,8-9,11-16,18,25,29,34H,3,7,10,17,19-20H2,1-2H3/b30-28+. The summed E-state index contributed by atoms with van der Waals surface area (Å²) < 4.78 is 23.0. The second-order valence-corrected chi connectivity index (χ2v) is 9.73. The fraction of sp³-hybridized carbons (Fsp3) is 0.312. The zero-order valence-corrected chi connectivity index (χ0v) is 22.7. The van der Waals surface area contributed by atoms with E-state index in [0.29, 0.717) is 48.2 Å². The van der Waals surface area contributed by atoms with Gasteiger partial charge >= 0.3 is 0 Å². The SMILES string of the molecule is CCOc1ccc(/C(O)=C2\C(=O)C(=O)N(CC3CCCO3)C2c2ccc(OCc3ccccc3)c(OC)c2)cc1. The number of hydrogen-bond acceptors (Lipinski definition) is 7. The number of carbonyl (C=O) groups is 2. The molecule has 0 spiro atoms. The van der Waals surface area contributed by atoms with Crippen molar-refractivity contribution < 1.29 is 33.6 Å². The molecule has 2 fully saturated rings. The smallest absolute Gasteiger partial charge is 0.295 e. The van der Waals surface area contributed by atoms with Gasteiger partial charge in [-0.2, -0.15) is 0 Å². The number of likely N-dealkylation sites (tertiary alicyclic amines) is 1. The van der Waals surface area contributed by atoms with Crippen LogP contribution in [-0.2, 0) is 20.9 Å². The van der Waals surface area contributed by atoms with Crippen molar-refractivity contribution in [3.8, 4) is 17.2 Å². The molecule has 0 saturated carbocycles. The predicted molar refractivity (Wildman–Crippen MR) is 149 cm³/mol. The molecule has 8 nitrogen and oxygen atoms in total. The largest absolute Gasteiger partial charge is 0.507 e. The molecule has 3 aromatic carbocycles. The maximum atomic E-state index is 13.4. The van der Waals surface area contributed by atoms with E-state index < -0.39 is 17.7 Å². The number of ketones is 1. The van der Waals surface area contributed by atoms with Crippen LogP contribution in [0, 0.1) is 0 Å². The van der Waals surface area contributed by atoms with E-state index in [1.54, 1.807) is 42.5 Å². The molecule has 2 heterocycles. The Kier molecular flexibility index (Phi) is 8.36. The third-order valence-corrected chi connectivity index (χ3v) is 7.14. The molecule has 2 saturated heterocycles. The highest BCUT2D eigenvalue weighted by molar-refractivity contribution is 6.46. The van der Waals surface area contributed by atoms with Gasteiger partial charge in [0.25, 0.3) is 11.7 Å². The van der Waals surface area contributed by atoms with Gasteiger partial charge in [-0.05, 0) is 67.3 Å². The van der Waals surface area contributed by atoms with Crippen LogP contribution in [0.1, 0.15) is 42.5 Å². The monoisotopic (exact) mass is 543 g/mol. The summed E-state index contributed by atoms with van der Waals surface area (Å²) in [6.07, 6.45) is 1.51. The van der Waals surface area contributed by atoms with Gasteiger partial charge in [-0.3, -0.25) is 9.59 Å². The van der Waals surface area contributed by atoms with Gasteiger partial charge in [0.15, 0.2) is 11.5 Å². The van der Waals surface area contributed by atoms with Gasteiger partial charge in [-0.25, -0.2) is 0 Å². The minimum Gasteiger partial charge on any atom is -0.507 e. The molecule has 2 aliphatic rings. The lowest BCUT2D eigenvalue weighted by Gasteiger charge is -2.28. The van der Waals surface area contributed by atoms with Gasteiger partial charge in [0.1, 0.15) is 18.1 Å². The Balaban J connectivity index is 1.53. The zero-order chi connectivity index (χ0) is 28.1. The molecule has 2 atom stereocenters. The van der Waals surface area contributed by atoms with Crippen LogP contribution < -0.4 is 14.2 Å². The Labute approximate surface area is 233 Å². The fourth-order valence-electron chi connectivity index (χ4n) is 5.16. The molecule has 0 radical (unpaired) electrons. The van der Waals surface area contributed by atoms with Crippen LogP contribution in [0.4, 0.5) is 0 Å². The van der Waals surface area contributed by atoms with Gasteiger partial charge in [0.2, 0.25) is 0 Å². The zero-order valence-electron chi connectivity index (χ0n) is 22.7. The fourth-order valence-corrected chi connectivity index (χ4v) is 5.16. The molecule has 5 rings (SSSR count). The van der Waals surface area contributed by atoms with Crippen LogP contribution in [0.5, 0.6) is 17.2 Å². The number of rotatable bonds is 10. The number of carbonyl (C=O) groups excluding carboxylic acids is 2. The minimum atomic E-state index is -0.826. The number of ether oxygens (including phenoxy) is 4. The molecule has 3 aromatic rings. The summed E-state index contributed by atoms with van der Waals surface area (Å²) in [6, 6.07) is 21.1. The molecule has 2 unspecified atom stereocenters. The van der Waals surface area contributed by atoms with E-state index in [4.69, 9.17) is 18.9 Å². The van der Waals surface area contributed by atoms with Crippen LogP contribution in [0.25, 0.3) is 5.76 Å². The number of amides is 1. The number of aliphatic hydroxyl groups excluding tert-OH is 1. The van der Waals surface area contributed by atoms with E-state index in [0.717, 1.165) is 18.4 Å². The summed E-state index contributed by atoms with van der Waals surface area (Å²) in [5.41, 5.74) is 2.06. The molecule has 208 valence electrons. The normalized spacial score (nSPS) is 20.1. The van der Waals surface area contributed by atoms with Gasteiger partial charge in [-0.15, -0.1) is 0 Å². The van der Waals surface area contributed by atoms with Crippen LogP contribution in [0.3, 0.4) is 0 Å². The molecule has 2 aliphatic heterocycles. The average Bonchev–Trinajstić information content (AvgIpc) is 3.59. The molecule has 40 heavy (non-hydrogen) atoms. The topological polar surface area (TPSA) is 94.5 Å². The van der Waals surface area contributed by atoms with Crippen LogP contribution >= 0.6 is 0 Å². The second kappa shape index (κ2) is 12.3. The van der Waals surface area contributed by atoms with Crippen molar-refractivity contribution in [3.05, 3.63) is 95.1 Å². The maximum absolute atomic E-state index is 13.4. The summed E-state index contributed by atoms with van der Waals surface area (Å²) in [7, 11) is 1.54. The Hall–Kier alpha value is -4.30. The maximum Gasteiger partial charge on any atom is 0.295 e. The van der Waals surface area contributed by atoms with E-state index in [2.05, 4.69) is 0 Å². The van der Waals surface area contributed by atoms with Crippen LogP contribution in [0.15, 0.2) is 78.4 Å². The highest BCUT2D eigenvalue weighted by atomic mass is 16.5. The first-order valence-corrected chi connectivity index (χ1v) is 13.5. The van der Waals surface area contributed by atoms with Crippen molar-refractivity contribution in [2.45, 2.75) is 38.5 Å². The number of aliphatic hydroxyl groups is 1. The molecular formula is C32H33NO7. The lowest BCUT2D eigenvalue weighted by Crippen LogP contribution is -2.36. The number of nitrogens with zero attached hydrogens (tertiary/aromatic N) is 1. The molecule has 0 aliphatic carbocycles. The molecular weight excluding hydrogens is 510 g/mol.